The molecule has 5 heteroatoms. The SMILES string of the molecule is Cc1nnc(N(C)c2ccc(C#N)cc2)nc1C. The van der Waals surface area contributed by atoms with Gasteiger partial charge in [0.05, 0.1) is 23.0 Å². The molecule has 0 atom stereocenters. The third-order valence-corrected chi connectivity index (χ3v) is 2.76. The van der Waals surface area contributed by atoms with Crippen LogP contribution in [0.3, 0.4) is 0 Å². The van der Waals surface area contributed by atoms with Gasteiger partial charge in [0.25, 0.3) is 0 Å². The zero-order valence-electron chi connectivity index (χ0n) is 10.5. The van der Waals surface area contributed by atoms with Gasteiger partial charge in [-0.1, -0.05) is 0 Å². The Morgan fingerprint density at radius 2 is 1.72 bits per heavy atom. The fourth-order valence-electron chi connectivity index (χ4n) is 1.46. The maximum Gasteiger partial charge on any atom is 0.249 e. The second-order valence-corrected chi connectivity index (χ2v) is 4.00. The lowest BCUT2D eigenvalue weighted by molar-refractivity contribution is 0.871. The Balaban J connectivity index is 2.32. The van der Waals surface area contributed by atoms with Crippen LogP contribution in [-0.4, -0.2) is 22.2 Å². The molecule has 0 aliphatic carbocycles. The highest BCUT2D eigenvalue weighted by Crippen LogP contribution is 2.20. The second kappa shape index (κ2) is 4.80. The molecule has 0 aliphatic heterocycles. The number of rotatable bonds is 2. The number of hydrogen-bond acceptors (Lipinski definition) is 5. The Bertz CT molecular complexity index is 598. The Morgan fingerprint density at radius 3 is 2.28 bits per heavy atom. The monoisotopic (exact) mass is 239 g/mol. The Hall–Kier alpha value is -2.48. The highest BCUT2D eigenvalue weighted by molar-refractivity contribution is 5.57. The maximum absolute atomic E-state index is 8.75. The van der Waals surface area contributed by atoms with Crippen LogP contribution in [0.4, 0.5) is 11.6 Å². The minimum Gasteiger partial charge on any atom is -0.312 e. The van der Waals surface area contributed by atoms with Crippen molar-refractivity contribution in [3.63, 3.8) is 0 Å². The molecule has 0 aliphatic rings. The van der Waals surface area contributed by atoms with Crippen molar-refractivity contribution in [1.29, 1.82) is 5.26 Å². The molecule has 0 amide bonds. The summed E-state index contributed by atoms with van der Waals surface area (Å²) in [5.74, 6) is 0.544. The van der Waals surface area contributed by atoms with Crippen molar-refractivity contribution in [3.05, 3.63) is 41.2 Å². The molecule has 0 unspecified atom stereocenters. The van der Waals surface area contributed by atoms with Crippen LogP contribution in [0.25, 0.3) is 0 Å². The topological polar surface area (TPSA) is 65.7 Å². The van der Waals surface area contributed by atoms with Crippen molar-refractivity contribution < 1.29 is 0 Å². The molecule has 0 bridgehead atoms. The molecule has 0 radical (unpaired) electrons. The molecule has 0 N–H and O–H groups in total. The first-order valence-corrected chi connectivity index (χ1v) is 5.53. The zero-order chi connectivity index (χ0) is 13.1. The Morgan fingerprint density at radius 1 is 1.06 bits per heavy atom. The van der Waals surface area contributed by atoms with Gasteiger partial charge in [-0.05, 0) is 38.1 Å². The van der Waals surface area contributed by atoms with E-state index in [1.165, 1.54) is 0 Å². The minimum atomic E-state index is 0.544. The first-order chi connectivity index (χ1) is 8.61. The van der Waals surface area contributed by atoms with Crippen LogP contribution in [0.2, 0.25) is 0 Å². The van der Waals surface area contributed by atoms with Crippen molar-refractivity contribution in [1.82, 2.24) is 15.2 Å². The van der Waals surface area contributed by atoms with Gasteiger partial charge in [-0.15, -0.1) is 5.10 Å². The van der Waals surface area contributed by atoms with Crippen molar-refractivity contribution in [2.75, 3.05) is 11.9 Å². The summed E-state index contributed by atoms with van der Waals surface area (Å²) in [6, 6.07) is 9.33. The molecule has 90 valence electrons. The van der Waals surface area contributed by atoms with E-state index in [2.05, 4.69) is 21.3 Å². The van der Waals surface area contributed by atoms with Crippen LogP contribution < -0.4 is 4.90 Å². The average molecular weight is 239 g/mol. The van der Waals surface area contributed by atoms with Gasteiger partial charge in [-0.3, -0.25) is 0 Å². The Kier molecular flexibility index (Phi) is 3.20. The van der Waals surface area contributed by atoms with Gasteiger partial charge in [0.1, 0.15) is 0 Å². The highest BCUT2D eigenvalue weighted by atomic mass is 15.3. The summed E-state index contributed by atoms with van der Waals surface area (Å²) in [6.07, 6.45) is 0. The van der Waals surface area contributed by atoms with E-state index in [-0.39, 0.29) is 0 Å². The van der Waals surface area contributed by atoms with Crippen LogP contribution in [0, 0.1) is 25.2 Å². The van der Waals surface area contributed by atoms with Gasteiger partial charge < -0.3 is 4.90 Å². The molecule has 0 spiro atoms. The molecule has 0 fully saturated rings. The lowest BCUT2D eigenvalue weighted by atomic mass is 10.2. The van der Waals surface area contributed by atoms with Crippen LogP contribution in [0.5, 0.6) is 0 Å². The van der Waals surface area contributed by atoms with Crippen molar-refractivity contribution >= 4 is 11.6 Å². The predicted octanol–water partition coefficient (Wildman–Crippen LogP) is 2.13. The molecule has 2 aromatic rings. The molecule has 0 saturated heterocycles. The van der Waals surface area contributed by atoms with Crippen molar-refractivity contribution in [2.24, 2.45) is 0 Å². The lowest BCUT2D eigenvalue weighted by Gasteiger charge is -2.17. The van der Waals surface area contributed by atoms with Gasteiger partial charge in [0.2, 0.25) is 5.95 Å². The Labute approximate surface area is 106 Å². The van der Waals surface area contributed by atoms with Gasteiger partial charge in [-0.25, -0.2) is 4.98 Å². The molecule has 2 rings (SSSR count). The molecule has 5 nitrogen and oxygen atoms in total. The molecular weight excluding hydrogens is 226 g/mol. The third-order valence-electron chi connectivity index (χ3n) is 2.76. The van der Waals surface area contributed by atoms with Crippen LogP contribution in [0.15, 0.2) is 24.3 Å². The largest absolute Gasteiger partial charge is 0.312 e. The van der Waals surface area contributed by atoms with Crippen molar-refractivity contribution in [2.45, 2.75) is 13.8 Å². The number of hydrogen-bond donors (Lipinski definition) is 0. The molecule has 1 aromatic heterocycles. The summed E-state index contributed by atoms with van der Waals surface area (Å²) in [7, 11) is 1.87. The smallest absolute Gasteiger partial charge is 0.249 e. The number of aryl methyl sites for hydroxylation is 2. The zero-order valence-corrected chi connectivity index (χ0v) is 10.5. The summed E-state index contributed by atoms with van der Waals surface area (Å²) >= 11 is 0. The second-order valence-electron chi connectivity index (χ2n) is 4.00. The number of nitrogens with zero attached hydrogens (tertiary/aromatic N) is 5. The standard InChI is InChI=1S/C13H13N5/c1-9-10(2)16-17-13(15-9)18(3)12-6-4-11(8-14)5-7-12/h4-7H,1-3H3. The summed E-state index contributed by atoms with van der Waals surface area (Å²) in [6.45, 7) is 3.78. The number of nitriles is 1. The number of anilines is 2. The van der Waals surface area contributed by atoms with Gasteiger partial charge in [-0.2, -0.15) is 10.4 Å². The summed E-state index contributed by atoms with van der Waals surface area (Å²) < 4.78 is 0. The van der Waals surface area contributed by atoms with Crippen molar-refractivity contribution in [3.8, 4) is 6.07 Å². The molecule has 18 heavy (non-hydrogen) atoms. The fourth-order valence-corrected chi connectivity index (χ4v) is 1.46. The molecular formula is C13H13N5. The van der Waals surface area contributed by atoms with E-state index in [0.717, 1.165) is 17.1 Å². The molecule has 0 saturated carbocycles. The summed E-state index contributed by atoms with van der Waals surface area (Å²) in [5, 5.41) is 16.9. The van der Waals surface area contributed by atoms with E-state index < -0.39 is 0 Å². The fraction of sp³-hybridized carbons (Fsp3) is 0.231. The van der Waals surface area contributed by atoms with E-state index >= 15 is 0 Å². The average Bonchev–Trinajstić information content (AvgIpc) is 2.41. The van der Waals surface area contributed by atoms with E-state index in [1.54, 1.807) is 12.1 Å². The van der Waals surface area contributed by atoms with Gasteiger partial charge in [0.15, 0.2) is 0 Å². The summed E-state index contributed by atoms with van der Waals surface area (Å²) in [5.41, 5.74) is 3.23. The highest BCUT2D eigenvalue weighted by Gasteiger charge is 2.09. The third kappa shape index (κ3) is 2.28. The predicted molar refractivity (Wildman–Crippen MR) is 68.5 cm³/mol. The number of aromatic nitrogens is 3. The first-order valence-electron chi connectivity index (χ1n) is 5.53. The first kappa shape index (κ1) is 12.0. The summed E-state index contributed by atoms with van der Waals surface area (Å²) in [4.78, 5) is 6.21. The van der Waals surface area contributed by atoms with E-state index in [4.69, 9.17) is 5.26 Å². The molecule has 1 heterocycles. The van der Waals surface area contributed by atoms with E-state index in [9.17, 15) is 0 Å². The van der Waals surface area contributed by atoms with Crippen LogP contribution in [0.1, 0.15) is 17.0 Å². The van der Waals surface area contributed by atoms with Crippen LogP contribution in [-0.2, 0) is 0 Å². The van der Waals surface area contributed by atoms with Crippen LogP contribution >= 0.6 is 0 Å². The number of benzene rings is 1. The van der Waals surface area contributed by atoms with E-state index in [0.29, 0.717) is 11.5 Å². The van der Waals surface area contributed by atoms with Gasteiger partial charge >= 0.3 is 0 Å². The van der Waals surface area contributed by atoms with Gasteiger partial charge in [0, 0.05) is 12.7 Å². The minimum absolute atomic E-state index is 0.544. The quantitative estimate of drug-likeness (QED) is 0.803. The van der Waals surface area contributed by atoms with E-state index in [1.807, 2.05) is 37.9 Å². The maximum atomic E-state index is 8.75. The normalized spacial score (nSPS) is 9.89. The lowest BCUT2D eigenvalue weighted by Crippen LogP contribution is -2.15. The molecule has 1 aromatic carbocycles.